The van der Waals surface area contributed by atoms with Crippen LogP contribution in [0.15, 0.2) is 60.8 Å². The molecule has 122 valence electrons. The molecule has 5 nitrogen and oxygen atoms in total. The van der Waals surface area contributed by atoms with Gasteiger partial charge < -0.3 is 10.2 Å². The lowest BCUT2D eigenvalue weighted by molar-refractivity contribution is 0.628. The maximum Gasteiger partial charge on any atom is 0.247 e. The number of rotatable bonds is 6. The number of benzene rings is 2. The fourth-order valence-electron chi connectivity index (χ4n) is 2.30. The molecule has 0 aliphatic heterocycles. The average molecular weight is 323 g/mol. The number of nitrogens with zero attached hydrogens (tertiary/aromatic N) is 4. The summed E-state index contributed by atoms with van der Waals surface area (Å²) in [6.07, 6.45) is 1.54. The van der Waals surface area contributed by atoms with Crippen LogP contribution in [0, 0.1) is 5.82 Å². The Balaban J connectivity index is 1.76. The summed E-state index contributed by atoms with van der Waals surface area (Å²) in [5.41, 5.74) is 1.92. The third-order valence-electron chi connectivity index (χ3n) is 3.55. The van der Waals surface area contributed by atoms with Gasteiger partial charge in [0.05, 0.1) is 6.20 Å². The molecule has 24 heavy (non-hydrogen) atoms. The van der Waals surface area contributed by atoms with Crippen molar-refractivity contribution >= 4 is 17.5 Å². The summed E-state index contributed by atoms with van der Waals surface area (Å²) in [7, 11) is 0. The van der Waals surface area contributed by atoms with Crippen LogP contribution in [0.2, 0.25) is 0 Å². The van der Waals surface area contributed by atoms with E-state index in [0.29, 0.717) is 18.3 Å². The Labute approximate surface area is 140 Å². The van der Waals surface area contributed by atoms with Crippen molar-refractivity contribution < 1.29 is 4.39 Å². The van der Waals surface area contributed by atoms with E-state index in [-0.39, 0.29) is 5.82 Å². The van der Waals surface area contributed by atoms with Crippen LogP contribution in [0.1, 0.15) is 12.5 Å². The average Bonchev–Trinajstić information content (AvgIpc) is 2.63. The van der Waals surface area contributed by atoms with Gasteiger partial charge in [-0.05, 0) is 36.8 Å². The highest BCUT2D eigenvalue weighted by Gasteiger charge is 2.10. The summed E-state index contributed by atoms with van der Waals surface area (Å²) >= 11 is 0. The molecule has 3 aromatic rings. The van der Waals surface area contributed by atoms with E-state index in [4.69, 9.17) is 0 Å². The molecule has 0 amide bonds. The molecule has 0 atom stereocenters. The van der Waals surface area contributed by atoms with Crippen LogP contribution in [-0.2, 0) is 6.54 Å². The van der Waals surface area contributed by atoms with E-state index in [1.165, 1.54) is 17.7 Å². The van der Waals surface area contributed by atoms with E-state index in [1.54, 1.807) is 18.3 Å². The van der Waals surface area contributed by atoms with Gasteiger partial charge in [-0.2, -0.15) is 10.1 Å². The van der Waals surface area contributed by atoms with Crippen molar-refractivity contribution in [2.45, 2.75) is 13.5 Å². The van der Waals surface area contributed by atoms with Gasteiger partial charge in [0, 0.05) is 18.8 Å². The van der Waals surface area contributed by atoms with Gasteiger partial charge in [-0.1, -0.05) is 30.3 Å². The number of halogens is 1. The Morgan fingerprint density at radius 2 is 1.79 bits per heavy atom. The van der Waals surface area contributed by atoms with E-state index in [9.17, 15) is 4.39 Å². The highest BCUT2D eigenvalue weighted by Crippen LogP contribution is 2.17. The first-order valence-electron chi connectivity index (χ1n) is 7.76. The molecule has 1 aromatic heterocycles. The first-order chi connectivity index (χ1) is 11.7. The molecule has 0 aliphatic rings. The molecule has 2 aromatic carbocycles. The Morgan fingerprint density at radius 1 is 1.04 bits per heavy atom. The summed E-state index contributed by atoms with van der Waals surface area (Å²) in [6, 6.07) is 16.2. The van der Waals surface area contributed by atoms with E-state index >= 15 is 0 Å². The predicted molar refractivity (Wildman–Crippen MR) is 92.7 cm³/mol. The Bertz CT molecular complexity index is 777. The Hall–Kier alpha value is -3.02. The number of hydrogen-bond acceptors (Lipinski definition) is 5. The minimum atomic E-state index is -0.276. The molecule has 0 saturated heterocycles. The summed E-state index contributed by atoms with van der Waals surface area (Å²) in [6.45, 7) is 3.52. The molecule has 0 saturated carbocycles. The number of anilines is 3. The molecular weight excluding hydrogens is 305 g/mol. The van der Waals surface area contributed by atoms with Crippen molar-refractivity contribution in [2.24, 2.45) is 0 Å². The van der Waals surface area contributed by atoms with E-state index in [1.807, 2.05) is 30.0 Å². The van der Waals surface area contributed by atoms with Crippen LogP contribution in [0.3, 0.4) is 0 Å². The quantitative estimate of drug-likeness (QED) is 0.748. The lowest BCUT2D eigenvalue weighted by Gasteiger charge is -2.20. The molecule has 0 spiro atoms. The smallest absolute Gasteiger partial charge is 0.247 e. The van der Waals surface area contributed by atoms with Crippen LogP contribution >= 0.6 is 0 Å². The number of nitrogens with one attached hydrogen (secondary N) is 1. The van der Waals surface area contributed by atoms with Gasteiger partial charge in [0.15, 0.2) is 5.82 Å². The zero-order valence-corrected chi connectivity index (χ0v) is 13.4. The molecule has 0 aliphatic carbocycles. The third kappa shape index (κ3) is 4.04. The van der Waals surface area contributed by atoms with Crippen molar-refractivity contribution in [3.63, 3.8) is 0 Å². The summed E-state index contributed by atoms with van der Waals surface area (Å²) in [5.74, 6) is 0.841. The number of aromatic nitrogens is 3. The highest BCUT2D eigenvalue weighted by atomic mass is 19.1. The van der Waals surface area contributed by atoms with Gasteiger partial charge in [0.2, 0.25) is 5.95 Å². The summed E-state index contributed by atoms with van der Waals surface area (Å²) in [4.78, 5) is 6.55. The summed E-state index contributed by atoms with van der Waals surface area (Å²) < 4.78 is 13.0. The van der Waals surface area contributed by atoms with Gasteiger partial charge in [0.25, 0.3) is 0 Å². The van der Waals surface area contributed by atoms with Crippen LogP contribution in [0.5, 0.6) is 0 Å². The van der Waals surface area contributed by atoms with Crippen LogP contribution in [0.4, 0.5) is 21.8 Å². The molecule has 0 fully saturated rings. The second-order valence-corrected chi connectivity index (χ2v) is 5.27. The molecule has 3 rings (SSSR count). The molecule has 0 bridgehead atoms. The highest BCUT2D eigenvalue weighted by molar-refractivity contribution is 5.56. The Morgan fingerprint density at radius 3 is 2.50 bits per heavy atom. The maximum atomic E-state index is 13.0. The normalized spacial score (nSPS) is 10.4. The Kier molecular flexibility index (Phi) is 4.96. The first-order valence-corrected chi connectivity index (χ1v) is 7.76. The van der Waals surface area contributed by atoms with E-state index < -0.39 is 0 Å². The number of hydrogen-bond donors (Lipinski definition) is 1. The molecule has 6 heteroatoms. The van der Waals surface area contributed by atoms with E-state index in [0.717, 1.165) is 12.2 Å². The van der Waals surface area contributed by atoms with Gasteiger partial charge >= 0.3 is 0 Å². The minimum Gasteiger partial charge on any atom is -0.339 e. The van der Waals surface area contributed by atoms with Crippen LogP contribution < -0.4 is 10.2 Å². The maximum absolute atomic E-state index is 13.0. The minimum absolute atomic E-state index is 0.276. The van der Waals surface area contributed by atoms with Gasteiger partial charge in [-0.25, -0.2) is 4.39 Å². The zero-order valence-electron chi connectivity index (χ0n) is 13.4. The van der Waals surface area contributed by atoms with Crippen molar-refractivity contribution in [2.75, 3.05) is 16.8 Å². The largest absolute Gasteiger partial charge is 0.339 e. The lowest BCUT2D eigenvalue weighted by atomic mass is 10.2. The van der Waals surface area contributed by atoms with Gasteiger partial charge in [-0.15, -0.1) is 5.10 Å². The standard InChI is InChI=1S/C18H18FN5/c1-2-24(13-14-6-4-3-5-7-14)18-22-17(12-20-23-18)21-16-10-8-15(19)9-11-16/h3-12H,2,13H2,1H3,(H,21,22,23). The van der Waals surface area contributed by atoms with Gasteiger partial charge in [0.1, 0.15) is 5.82 Å². The van der Waals surface area contributed by atoms with Crippen molar-refractivity contribution in [3.8, 4) is 0 Å². The van der Waals surface area contributed by atoms with E-state index in [2.05, 4.69) is 32.6 Å². The van der Waals surface area contributed by atoms with Crippen molar-refractivity contribution in [3.05, 3.63) is 72.2 Å². The monoisotopic (exact) mass is 323 g/mol. The first kappa shape index (κ1) is 15.9. The van der Waals surface area contributed by atoms with Gasteiger partial charge in [-0.3, -0.25) is 0 Å². The molecule has 0 unspecified atom stereocenters. The lowest BCUT2D eigenvalue weighted by Crippen LogP contribution is -2.24. The van der Waals surface area contributed by atoms with Crippen molar-refractivity contribution in [1.29, 1.82) is 0 Å². The molecule has 1 heterocycles. The topological polar surface area (TPSA) is 53.9 Å². The molecule has 0 radical (unpaired) electrons. The van der Waals surface area contributed by atoms with Crippen LogP contribution in [0.25, 0.3) is 0 Å². The third-order valence-corrected chi connectivity index (χ3v) is 3.55. The van der Waals surface area contributed by atoms with Crippen LogP contribution in [-0.4, -0.2) is 21.7 Å². The second-order valence-electron chi connectivity index (χ2n) is 5.27. The fraction of sp³-hybridized carbons (Fsp3) is 0.167. The van der Waals surface area contributed by atoms with Crippen molar-refractivity contribution in [1.82, 2.24) is 15.2 Å². The zero-order chi connectivity index (χ0) is 16.8. The fourth-order valence-corrected chi connectivity index (χ4v) is 2.30. The molecule has 1 N–H and O–H groups in total. The molecular formula is C18H18FN5. The SMILES string of the molecule is CCN(Cc1ccccc1)c1nncc(Nc2ccc(F)cc2)n1. The predicted octanol–water partition coefficient (Wildman–Crippen LogP) is 3.78. The second kappa shape index (κ2) is 7.50. The summed E-state index contributed by atoms with van der Waals surface area (Å²) in [5, 5.41) is 11.3.